The Bertz CT molecular complexity index is 343. The molecule has 2 nitrogen and oxygen atoms in total. The monoisotopic (exact) mass is 193 g/mol. The van der Waals surface area contributed by atoms with E-state index in [0.29, 0.717) is 5.75 Å². The Morgan fingerprint density at radius 1 is 1.29 bits per heavy atom. The summed E-state index contributed by atoms with van der Waals surface area (Å²) in [7, 11) is 0. The minimum Gasteiger partial charge on any atom is -0.507 e. The van der Waals surface area contributed by atoms with E-state index in [2.05, 4.69) is 6.07 Å². The number of rotatable bonds is 2. The average molecular weight is 193 g/mol. The van der Waals surface area contributed by atoms with Crippen LogP contribution in [0.4, 0.5) is 0 Å². The molecule has 3 N–H and O–H groups in total. The molecule has 0 aliphatic carbocycles. The molecule has 0 aliphatic heterocycles. The SMILES string of the molecule is Cc1cc(C)c(CC(C)N)c(O)c1C. The minimum atomic E-state index is 0.0849. The van der Waals surface area contributed by atoms with Gasteiger partial charge in [0.05, 0.1) is 0 Å². The van der Waals surface area contributed by atoms with Crippen molar-refractivity contribution in [2.45, 2.75) is 40.2 Å². The number of hydrogen-bond acceptors (Lipinski definition) is 2. The molecule has 0 radical (unpaired) electrons. The summed E-state index contributed by atoms with van der Waals surface area (Å²) in [6.07, 6.45) is 0.735. The van der Waals surface area contributed by atoms with E-state index in [-0.39, 0.29) is 6.04 Å². The summed E-state index contributed by atoms with van der Waals surface area (Å²) >= 11 is 0. The maximum Gasteiger partial charge on any atom is 0.122 e. The van der Waals surface area contributed by atoms with Gasteiger partial charge >= 0.3 is 0 Å². The van der Waals surface area contributed by atoms with Crippen molar-refractivity contribution in [2.75, 3.05) is 0 Å². The molecule has 1 aromatic carbocycles. The molecule has 2 heteroatoms. The fourth-order valence-corrected chi connectivity index (χ4v) is 1.70. The Morgan fingerprint density at radius 2 is 1.86 bits per heavy atom. The van der Waals surface area contributed by atoms with E-state index in [4.69, 9.17) is 5.73 Å². The highest BCUT2D eigenvalue weighted by molar-refractivity contribution is 5.48. The van der Waals surface area contributed by atoms with Crippen molar-refractivity contribution in [3.05, 3.63) is 28.3 Å². The molecular formula is C12H19NO. The lowest BCUT2D eigenvalue weighted by Gasteiger charge is -2.14. The zero-order valence-corrected chi connectivity index (χ0v) is 9.39. The molecule has 0 saturated carbocycles. The third kappa shape index (κ3) is 2.07. The number of aryl methyl sites for hydroxylation is 2. The fraction of sp³-hybridized carbons (Fsp3) is 0.500. The number of hydrogen-bond donors (Lipinski definition) is 2. The molecule has 0 saturated heterocycles. The van der Waals surface area contributed by atoms with Gasteiger partial charge in [0.1, 0.15) is 5.75 Å². The number of benzene rings is 1. The van der Waals surface area contributed by atoms with Gasteiger partial charge in [0, 0.05) is 6.04 Å². The lowest BCUT2D eigenvalue weighted by molar-refractivity contribution is 0.460. The van der Waals surface area contributed by atoms with Gasteiger partial charge in [0.25, 0.3) is 0 Å². The van der Waals surface area contributed by atoms with Crippen molar-refractivity contribution in [1.82, 2.24) is 0 Å². The van der Waals surface area contributed by atoms with E-state index in [1.807, 2.05) is 27.7 Å². The summed E-state index contributed by atoms with van der Waals surface area (Å²) in [5.41, 5.74) is 9.95. The molecule has 0 amide bonds. The third-order valence-electron chi connectivity index (χ3n) is 2.67. The van der Waals surface area contributed by atoms with Gasteiger partial charge in [0.15, 0.2) is 0 Å². The van der Waals surface area contributed by atoms with E-state index in [9.17, 15) is 5.11 Å². The van der Waals surface area contributed by atoms with Crippen LogP contribution in [0.3, 0.4) is 0 Å². The second-order valence-electron chi connectivity index (χ2n) is 4.14. The highest BCUT2D eigenvalue weighted by Crippen LogP contribution is 2.28. The van der Waals surface area contributed by atoms with Crippen molar-refractivity contribution < 1.29 is 5.11 Å². The number of nitrogens with two attached hydrogens (primary N) is 1. The summed E-state index contributed by atoms with van der Waals surface area (Å²) in [6, 6.07) is 2.19. The summed E-state index contributed by atoms with van der Waals surface area (Å²) < 4.78 is 0. The van der Waals surface area contributed by atoms with Gasteiger partial charge in [-0.1, -0.05) is 6.07 Å². The molecule has 0 aromatic heterocycles. The largest absolute Gasteiger partial charge is 0.507 e. The van der Waals surface area contributed by atoms with Gasteiger partial charge in [-0.15, -0.1) is 0 Å². The third-order valence-corrected chi connectivity index (χ3v) is 2.67. The van der Waals surface area contributed by atoms with Crippen LogP contribution in [0.5, 0.6) is 5.75 Å². The Labute approximate surface area is 85.8 Å². The van der Waals surface area contributed by atoms with Gasteiger partial charge in [-0.25, -0.2) is 0 Å². The van der Waals surface area contributed by atoms with Crippen molar-refractivity contribution >= 4 is 0 Å². The average Bonchev–Trinajstić information content (AvgIpc) is 2.09. The summed E-state index contributed by atoms with van der Waals surface area (Å²) in [4.78, 5) is 0. The fourth-order valence-electron chi connectivity index (χ4n) is 1.70. The van der Waals surface area contributed by atoms with Crippen LogP contribution in [-0.4, -0.2) is 11.1 Å². The maximum atomic E-state index is 9.95. The molecule has 0 heterocycles. The molecule has 14 heavy (non-hydrogen) atoms. The second kappa shape index (κ2) is 4.01. The summed E-state index contributed by atoms with van der Waals surface area (Å²) in [6.45, 7) is 7.92. The molecular weight excluding hydrogens is 174 g/mol. The zero-order chi connectivity index (χ0) is 10.9. The normalized spacial score (nSPS) is 12.9. The Morgan fingerprint density at radius 3 is 2.36 bits per heavy atom. The van der Waals surface area contributed by atoms with Crippen LogP contribution in [-0.2, 0) is 6.42 Å². The predicted octanol–water partition coefficient (Wildman–Crippen LogP) is 2.21. The number of phenolic OH excluding ortho intramolecular Hbond substituents is 1. The summed E-state index contributed by atoms with van der Waals surface area (Å²) in [5.74, 6) is 0.416. The van der Waals surface area contributed by atoms with Crippen LogP contribution < -0.4 is 5.73 Å². The van der Waals surface area contributed by atoms with Crippen molar-refractivity contribution in [2.24, 2.45) is 5.73 Å². The van der Waals surface area contributed by atoms with E-state index in [1.165, 1.54) is 0 Å². The molecule has 0 fully saturated rings. The molecule has 1 atom stereocenters. The standard InChI is InChI=1S/C12H19NO/c1-7-5-8(2)11(6-9(3)13)12(14)10(7)4/h5,9,14H,6,13H2,1-4H3. The molecule has 0 spiro atoms. The van der Waals surface area contributed by atoms with E-state index in [1.54, 1.807) is 0 Å². The van der Waals surface area contributed by atoms with Crippen molar-refractivity contribution in [1.29, 1.82) is 0 Å². The first-order valence-corrected chi connectivity index (χ1v) is 4.97. The predicted molar refractivity (Wildman–Crippen MR) is 59.7 cm³/mol. The first kappa shape index (κ1) is 11.1. The van der Waals surface area contributed by atoms with Crippen LogP contribution >= 0.6 is 0 Å². The quantitative estimate of drug-likeness (QED) is 0.756. The lowest BCUT2D eigenvalue weighted by Crippen LogP contribution is -2.18. The van der Waals surface area contributed by atoms with Crippen LogP contribution in [0, 0.1) is 20.8 Å². The zero-order valence-electron chi connectivity index (χ0n) is 9.39. The Hall–Kier alpha value is -1.02. The van der Waals surface area contributed by atoms with Crippen LogP contribution in [0.1, 0.15) is 29.2 Å². The van der Waals surface area contributed by atoms with Gasteiger partial charge < -0.3 is 10.8 Å². The Kier molecular flexibility index (Phi) is 3.17. The van der Waals surface area contributed by atoms with Crippen molar-refractivity contribution in [3.8, 4) is 5.75 Å². The van der Waals surface area contributed by atoms with E-state index in [0.717, 1.165) is 28.7 Å². The molecule has 1 rings (SSSR count). The van der Waals surface area contributed by atoms with Gasteiger partial charge in [-0.05, 0) is 56.4 Å². The second-order valence-corrected chi connectivity index (χ2v) is 4.14. The molecule has 1 unspecified atom stereocenters. The summed E-state index contributed by atoms with van der Waals surface area (Å²) in [5, 5.41) is 9.95. The molecule has 0 bridgehead atoms. The molecule has 1 aromatic rings. The highest BCUT2D eigenvalue weighted by atomic mass is 16.3. The van der Waals surface area contributed by atoms with E-state index < -0.39 is 0 Å². The van der Waals surface area contributed by atoms with Gasteiger partial charge in [-0.3, -0.25) is 0 Å². The van der Waals surface area contributed by atoms with Gasteiger partial charge in [0.2, 0.25) is 0 Å². The smallest absolute Gasteiger partial charge is 0.122 e. The maximum absolute atomic E-state index is 9.95. The lowest BCUT2D eigenvalue weighted by atomic mass is 9.95. The highest BCUT2D eigenvalue weighted by Gasteiger charge is 2.11. The van der Waals surface area contributed by atoms with Crippen molar-refractivity contribution in [3.63, 3.8) is 0 Å². The molecule has 78 valence electrons. The first-order chi connectivity index (χ1) is 6.43. The first-order valence-electron chi connectivity index (χ1n) is 4.97. The van der Waals surface area contributed by atoms with E-state index >= 15 is 0 Å². The van der Waals surface area contributed by atoms with Crippen LogP contribution in [0.25, 0.3) is 0 Å². The number of phenols is 1. The molecule has 0 aliphatic rings. The van der Waals surface area contributed by atoms with Crippen LogP contribution in [0.15, 0.2) is 6.07 Å². The Balaban J connectivity index is 3.22. The van der Waals surface area contributed by atoms with Crippen LogP contribution in [0.2, 0.25) is 0 Å². The van der Waals surface area contributed by atoms with Gasteiger partial charge in [-0.2, -0.15) is 0 Å². The topological polar surface area (TPSA) is 46.2 Å². The number of aromatic hydroxyl groups is 1. The minimum absolute atomic E-state index is 0.0849.